The summed E-state index contributed by atoms with van der Waals surface area (Å²) in [6.07, 6.45) is 5.07. The zero-order valence-electron chi connectivity index (χ0n) is 11.8. The molecule has 0 saturated heterocycles. The van der Waals surface area contributed by atoms with Gasteiger partial charge in [-0.25, -0.2) is 4.98 Å². The maximum Gasteiger partial charge on any atom is 0.198 e. The van der Waals surface area contributed by atoms with Gasteiger partial charge >= 0.3 is 0 Å². The van der Waals surface area contributed by atoms with Crippen molar-refractivity contribution in [1.82, 2.24) is 4.98 Å². The summed E-state index contributed by atoms with van der Waals surface area (Å²) in [6, 6.07) is 6.73. The molecular formula is C16H20N2O2. The fourth-order valence-electron chi connectivity index (χ4n) is 2.83. The number of aromatic nitrogens is 1. The number of hydrogen-bond acceptors (Lipinski definition) is 4. The number of hydrogen-bond donors (Lipinski definition) is 1. The van der Waals surface area contributed by atoms with E-state index >= 15 is 0 Å². The predicted octanol–water partition coefficient (Wildman–Crippen LogP) is 3.68. The van der Waals surface area contributed by atoms with Crippen LogP contribution < -0.4 is 5.32 Å². The lowest BCUT2D eigenvalue weighted by Gasteiger charge is -2.36. The van der Waals surface area contributed by atoms with Crippen molar-refractivity contribution >= 4 is 16.8 Å². The second kappa shape index (κ2) is 4.77. The third-order valence-electron chi connectivity index (χ3n) is 4.20. The molecule has 1 N–H and O–H groups in total. The highest BCUT2D eigenvalue weighted by Gasteiger charge is 2.30. The first-order valence-corrected chi connectivity index (χ1v) is 7.60. The van der Waals surface area contributed by atoms with E-state index in [9.17, 15) is 0 Å². The van der Waals surface area contributed by atoms with Crippen LogP contribution in [0, 0.1) is 0 Å². The van der Waals surface area contributed by atoms with Gasteiger partial charge in [0.1, 0.15) is 5.52 Å². The van der Waals surface area contributed by atoms with Crippen LogP contribution in [0.5, 0.6) is 0 Å². The Labute approximate surface area is 118 Å². The molecule has 1 heterocycles. The molecule has 0 bridgehead atoms. The van der Waals surface area contributed by atoms with Crippen LogP contribution in [0.1, 0.15) is 44.4 Å². The molecule has 4 nitrogen and oxygen atoms in total. The molecule has 106 valence electrons. The van der Waals surface area contributed by atoms with Crippen molar-refractivity contribution in [3.63, 3.8) is 0 Å². The third kappa shape index (κ3) is 2.29. The Balaban J connectivity index is 1.44. The van der Waals surface area contributed by atoms with Crippen molar-refractivity contribution in [1.29, 1.82) is 0 Å². The van der Waals surface area contributed by atoms with E-state index in [4.69, 9.17) is 9.15 Å². The van der Waals surface area contributed by atoms with Crippen molar-refractivity contribution in [3.05, 3.63) is 24.1 Å². The van der Waals surface area contributed by atoms with Crippen LogP contribution in [0.4, 0.5) is 5.69 Å². The van der Waals surface area contributed by atoms with E-state index in [1.54, 1.807) is 0 Å². The summed E-state index contributed by atoms with van der Waals surface area (Å²) in [5.74, 6) is 1.48. The highest BCUT2D eigenvalue weighted by molar-refractivity contribution is 5.77. The topological polar surface area (TPSA) is 47.3 Å². The maximum atomic E-state index is 5.78. The Morgan fingerprint density at radius 2 is 2.20 bits per heavy atom. The summed E-state index contributed by atoms with van der Waals surface area (Å²) in [6.45, 7) is 2.86. The number of rotatable bonds is 5. The second-order valence-corrected chi connectivity index (χ2v) is 5.90. The van der Waals surface area contributed by atoms with Gasteiger partial charge in [0, 0.05) is 24.3 Å². The van der Waals surface area contributed by atoms with Crippen LogP contribution in [0.25, 0.3) is 11.1 Å². The predicted molar refractivity (Wildman–Crippen MR) is 78.0 cm³/mol. The zero-order chi connectivity index (χ0) is 13.5. The Kier molecular flexibility index (Phi) is 2.91. The van der Waals surface area contributed by atoms with Gasteiger partial charge in [0.05, 0.1) is 6.10 Å². The van der Waals surface area contributed by atoms with Gasteiger partial charge in [0.15, 0.2) is 11.5 Å². The van der Waals surface area contributed by atoms with E-state index in [2.05, 4.69) is 29.4 Å². The average molecular weight is 272 g/mol. The van der Waals surface area contributed by atoms with Crippen molar-refractivity contribution in [2.75, 3.05) is 11.9 Å². The van der Waals surface area contributed by atoms with Gasteiger partial charge < -0.3 is 14.5 Å². The minimum absolute atomic E-state index is 0.440. The fourth-order valence-corrected chi connectivity index (χ4v) is 2.83. The van der Waals surface area contributed by atoms with Crippen molar-refractivity contribution in [2.24, 2.45) is 0 Å². The van der Waals surface area contributed by atoms with Gasteiger partial charge in [-0.1, -0.05) is 0 Å². The molecule has 0 unspecified atom stereocenters. The number of ether oxygens (including phenoxy) is 1. The summed E-state index contributed by atoms with van der Waals surface area (Å²) in [7, 11) is 0. The van der Waals surface area contributed by atoms with Crippen LogP contribution in [0.15, 0.2) is 22.6 Å². The molecule has 0 aliphatic heterocycles. The standard InChI is InChI=1S/C16H20N2O2/c1-2-19-13-7-12(8-13)17-11-5-6-15-14(9-11)18-16(20-15)10-3-4-10/h5-6,9-10,12-13,17H,2-4,7-8H2,1H3. The lowest BCUT2D eigenvalue weighted by atomic mass is 9.89. The molecule has 20 heavy (non-hydrogen) atoms. The Hall–Kier alpha value is -1.55. The van der Waals surface area contributed by atoms with E-state index in [0.717, 1.165) is 42.1 Å². The molecule has 2 fully saturated rings. The summed E-state index contributed by atoms with van der Waals surface area (Å²) >= 11 is 0. The van der Waals surface area contributed by atoms with Gasteiger partial charge in [0.2, 0.25) is 0 Å². The number of benzene rings is 1. The van der Waals surface area contributed by atoms with E-state index in [1.807, 2.05) is 6.07 Å². The normalized spacial score (nSPS) is 25.6. The van der Waals surface area contributed by atoms with Gasteiger partial charge in [-0.2, -0.15) is 0 Å². The lowest BCUT2D eigenvalue weighted by Crippen LogP contribution is -2.40. The zero-order valence-corrected chi connectivity index (χ0v) is 11.8. The number of nitrogens with one attached hydrogen (secondary N) is 1. The molecule has 2 aromatic rings. The molecule has 1 aromatic heterocycles. The maximum absolute atomic E-state index is 5.78. The number of anilines is 1. The largest absolute Gasteiger partial charge is 0.440 e. The first-order valence-electron chi connectivity index (χ1n) is 7.60. The smallest absolute Gasteiger partial charge is 0.198 e. The van der Waals surface area contributed by atoms with Crippen molar-refractivity contribution in [2.45, 2.75) is 50.7 Å². The van der Waals surface area contributed by atoms with E-state index < -0.39 is 0 Å². The minimum Gasteiger partial charge on any atom is -0.440 e. The third-order valence-corrected chi connectivity index (χ3v) is 4.20. The second-order valence-electron chi connectivity index (χ2n) is 5.90. The molecule has 2 aliphatic carbocycles. The van der Waals surface area contributed by atoms with Crippen LogP contribution in [-0.2, 0) is 4.74 Å². The number of nitrogens with zero attached hydrogens (tertiary/aromatic N) is 1. The Morgan fingerprint density at radius 1 is 1.35 bits per heavy atom. The number of oxazole rings is 1. The summed E-state index contributed by atoms with van der Waals surface area (Å²) in [5.41, 5.74) is 3.00. The van der Waals surface area contributed by atoms with Crippen molar-refractivity contribution < 1.29 is 9.15 Å². The van der Waals surface area contributed by atoms with Crippen molar-refractivity contribution in [3.8, 4) is 0 Å². The molecule has 0 radical (unpaired) electrons. The Bertz CT molecular complexity index is 612. The van der Waals surface area contributed by atoms with Gasteiger partial charge in [-0.3, -0.25) is 0 Å². The summed E-state index contributed by atoms with van der Waals surface area (Å²) in [5, 5.41) is 3.55. The molecule has 0 atom stereocenters. The van der Waals surface area contributed by atoms with E-state index in [-0.39, 0.29) is 0 Å². The molecule has 1 aromatic carbocycles. The number of fused-ring (bicyclic) bond motifs is 1. The fraction of sp³-hybridized carbons (Fsp3) is 0.562. The van der Waals surface area contributed by atoms with Crippen LogP contribution >= 0.6 is 0 Å². The Morgan fingerprint density at radius 3 is 2.95 bits per heavy atom. The van der Waals surface area contributed by atoms with Crippen LogP contribution in [0.2, 0.25) is 0 Å². The lowest BCUT2D eigenvalue weighted by molar-refractivity contribution is 0.00299. The molecule has 0 spiro atoms. The molecule has 2 aliphatic rings. The molecule has 0 amide bonds. The minimum atomic E-state index is 0.440. The molecule has 4 rings (SSSR count). The van der Waals surface area contributed by atoms with Crippen LogP contribution in [-0.4, -0.2) is 23.7 Å². The summed E-state index contributed by atoms with van der Waals surface area (Å²) in [4.78, 5) is 4.60. The van der Waals surface area contributed by atoms with Crippen LogP contribution in [0.3, 0.4) is 0 Å². The van der Waals surface area contributed by atoms with Gasteiger partial charge in [-0.15, -0.1) is 0 Å². The first kappa shape index (κ1) is 12.2. The van der Waals surface area contributed by atoms with E-state index in [0.29, 0.717) is 18.1 Å². The quantitative estimate of drug-likeness (QED) is 0.901. The molecule has 4 heteroatoms. The highest BCUT2D eigenvalue weighted by Crippen LogP contribution is 2.40. The monoisotopic (exact) mass is 272 g/mol. The molecule has 2 saturated carbocycles. The summed E-state index contributed by atoms with van der Waals surface area (Å²) < 4.78 is 11.4. The van der Waals surface area contributed by atoms with Gasteiger partial charge in [-0.05, 0) is 50.8 Å². The van der Waals surface area contributed by atoms with E-state index in [1.165, 1.54) is 12.8 Å². The highest BCUT2D eigenvalue weighted by atomic mass is 16.5. The molecular weight excluding hydrogens is 252 g/mol. The SMILES string of the molecule is CCOC1CC(Nc2ccc3oc(C4CC4)nc3c2)C1. The first-order chi connectivity index (χ1) is 9.81. The van der Waals surface area contributed by atoms with Gasteiger partial charge in [0.25, 0.3) is 0 Å². The average Bonchev–Trinajstić information content (AvgIpc) is 3.16.